The Bertz CT molecular complexity index is 704. The maximum Gasteiger partial charge on any atom is 0.314 e. The van der Waals surface area contributed by atoms with Crippen molar-refractivity contribution in [2.24, 2.45) is 11.7 Å². The van der Waals surface area contributed by atoms with Gasteiger partial charge >= 0.3 is 6.03 Å². The number of nitrogens with one attached hydrogen (secondary N) is 1. The second-order valence-electron chi connectivity index (χ2n) is 6.34. The maximum absolute atomic E-state index is 12.3. The van der Waals surface area contributed by atoms with Gasteiger partial charge in [-0.05, 0) is 30.0 Å². The number of benzene rings is 1. The number of piperidine rings is 1. The lowest BCUT2D eigenvalue weighted by Gasteiger charge is -2.29. The topological polar surface area (TPSA) is 93.3 Å². The minimum Gasteiger partial charge on any atom is -0.352 e. The van der Waals surface area contributed by atoms with Gasteiger partial charge in [0, 0.05) is 37.9 Å². The Morgan fingerprint density at radius 1 is 1.16 bits per heavy atom. The molecule has 1 aromatic heterocycles. The van der Waals surface area contributed by atoms with Crippen LogP contribution in [0.2, 0.25) is 0 Å². The van der Waals surface area contributed by atoms with E-state index in [1.807, 2.05) is 29.1 Å². The van der Waals surface area contributed by atoms with Gasteiger partial charge < -0.3 is 16.0 Å². The Morgan fingerprint density at radius 3 is 2.44 bits per heavy atom. The number of aromatic nitrogens is 2. The van der Waals surface area contributed by atoms with Crippen molar-refractivity contribution in [3.8, 4) is 0 Å². The van der Waals surface area contributed by atoms with E-state index in [-0.39, 0.29) is 11.8 Å². The second-order valence-corrected chi connectivity index (χ2v) is 6.34. The zero-order valence-electron chi connectivity index (χ0n) is 14.1. The van der Waals surface area contributed by atoms with Gasteiger partial charge in [-0.25, -0.2) is 4.79 Å². The fourth-order valence-corrected chi connectivity index (χ4v) is 3.04. The summed E-state index contributed by atoms with van der Waals surface area (Å²) in [6.07, 6.45) is 5.02. The lowest BCUT2D eigenvalue weighted by Crippen LogP contribution is -2.44. The molecular formula is C18H23N5O2. The lowest BCUT2D eigenvalue weighted by molar-refractivity contribution is -0.126. The van der Waals surface area contributed by atoms with Crippen LogP contribution in [0.3, 0.4) is 0 Å². The summed E-state index contributed by atoms with van der Waals surface area (Å²) in [6.45, 7) is 2.35. The summed E-state index contributed by atoms with van der Waals surface area (Å²) in [6, 6.07) is 9.64. The van der Waals surface area contributed by atoms with Crippen LogP contribution < -0.4 is 11.1 Å². The number of hydrogen-bond acceptors (Lipinski definition) is 3. The fourth-order valence-electron chi connectivity index (χ4n) is 3.04. The molecule has 0 atom stereocenters. The average molecular weight is 341 g/mol. The highest BCUT2D eigenvalue weighted by Gasteiger charge is 2.26. The standard InChI is InChI=1S/C18H23N5O2/c19-18(25)22-10-6-16(7-11-22)17(24)20-12-14-2-4-15(5-3-14)13-23-9-1-8-21-23/h1-5,8-9,16H,6-7,10-13H2,(H2,19,25)(H,20,24). The van der Waals surface area contributed by atoms with Gasteiger partial charge in [-0.2, -0.15) is 5.10 Å². The molecule has 3 rings (SSSR count). The Morgan fingerprint density at radius 2 is 1.84 bits per heavy atom. The molecule has 0 radical (unpaired) electrons. The number of primary amides is 1. The normalized spacial score (nSPS) is 15.1. The first-order valence-corrected chi connectivity index (χ1v) is 8.49. The molecule has 0 bridgehead atoms. The van der Waals surface area contributed by atoms with Crippen LogP contribution in [-0.4, -0.2) is 39.7 Å². The molecule has 1 aromatic carbocycles. The molecule has 3 N–H and O–H groups in total. The van der Waals surface area contributed by atoms with E-state index in [9.17, 15) is 9.59 Å². The number of hydrogen-bond donors (Lipinski definition) is 2. The first kappa shape index (κ1) is 17.0. The van der Waals surface area contributed by atoms with E-state index < -0.39 is 6.03 Å². The third kappa shape index (κ3) is 4.59. The molecule has 0 saturated carbocycles. The summed E-state index contributed by atoms with van der Waals surface area (Å²) in [5.74, 6) is -0.000531. The van der Waals surface area contributed by atoms with Crippen LogP contribution in [0.25, 0.3) is 0 Å². The van der Waals surface area contributed by atoms with Gasteiger partial charge in [-0.3, -0.25) is 9.48 Å². The molecule has 2 heterocycles. The molecule has 3 amide bonds. The van der Waals surface area contributed by atoms with Crippen molar-refractivity contribution in [3.63, 3.8) is 0 Å². The maximum atomic E-state index is 12.3. The van der Waals surface area contributed by atoms with Gasteiger partial charge in [0.1, 0.15) is 0 Å². The lowest BCUT2D eigenvalue weighted by atomic mass is 9.96. The summed E-state index contributed by atoms with van der Waals surface area (Å²) in [7, 11) is 0. The monoisotopic (exact) mass is 341 g/mol. The van der Waals surface area contributed by atoms with Crippen LogP contribution in [0.15, 0.2) is 42.7 Å². The van der Waals surface area contributed by atoms with Crippen molar-refractivity contribution in [2.75, 3.05) is 13.1 Å². The summed E-state index contributed by atoms with van der Waals surface area (Å²) in [4.78, 5) is 25.0. The first-order chi connectivity index (χ1) is 12.1. The van der Waals surface area contributed by atoms with Crippen LogP contribution in [0.1, 0.15) is 24.0 Å². The van der Waals surface area contributed by atoms with Crippen molar-refractivity contribution < 1.29 is 9.59 Å². The minimum absolute atomic E-state index is 0.0461. The Hall–Kier alpha value is -2.83. The quantitative estimate of drug-likeness (QED) is 0.859. The number of rotatable bonds is 5. The molecule has 7 heteroatoms. The smallest absolute Gasteiger partial charge is 0.314 e. The van der Waals surface area contributed by atoms with Crippen molar-refractivity contribution in [3.05, 3.63) is 53.9 Å². The van der Waals surface area contributed by atoms with E-state index in [1.165, 1.54) is 0 Å². The van der Waals surface area contributed by atoms with Crippen molar-refractivity contribution >= 4 is 11.9 Å². The van der Waals surface area contributed by atoms with Crippen LogP contribution in [-0.2, 0) is 17.9 Å². The molecule has 1 aliphatic rings. The molecule has 1 saturated heterocycles. The molecule has 2 aromatic rings. The average Bonchev–Trinajstić information content (AvgIpc) is 3.14. The number of carbonyl (C=O) groups excluding carboxylic acids is 2. The first-order valence-electron chi connectivity index (χ1n) is 8.49. The Balaban J connectivity index is 1.45. The van der Waals surface area contributed by atoms with Gasteiger partial charge in [0.2, 0.25) is 5.91 Å². The number of nitrogens with zero attached hydrogens (tertiary/aromatic N) is 3. The molecule has 25 heavy (non-hydrogen) atoms. The summed E-state index contributed by atoms with van der Waals surface area (Å²) in [5.41, 5.74) is 7.49. The number of likely N-dealkylation sites (tertiary alicyclic amines) is 1. The summed E-state index contributed by atoms with van der Waals surface area (Å²) >= 11 is 0. The van der Waals surface area contributed by atoms with E-state index >= 15 is 0 Å². The van der Waals surface area contributed by atoms with E-state index in [0.29, 0.717) is 32.5 Å². The third-order valence-electron chi connectivity index (χ3n) is 4.57. The number of carbonyl (C=O) groups is 2. The second kappa shape index (κ2) is 7.83. The molecule has 1 fully saturated rings. The Kier molecular flexibility index (Phi) is 5.33. The van der Waals surface area contributed by atoms with Crippen LogP contribution in [0.4, 0.5) is 4.79 Å². The number of nitrogens with two attached hydrogens (primary N) is 1. The Labute approximate surface area is 146 Å². The number of amides is 3. The highest BCUT2D eigenvalue weighted by molar-refractivity contribution is 5.79. The predicted octanol–water partition coefficient (Wildman–Crippen LogP) is 1.34. The molecule has 0 spiro atoms. The van der Waals surface area contributed by atoms with Crippen LogP contribution in [0.5, 0.6) is 0 Å². The van der Waals surface area contributed by atoms with Gasteiger partial charge in [-0.15, -0.1) is 0 Å². The highest BCUT2D eigenvalue weighted by Crippen LogP contribution is 2.17. The van der Waals surface area contributed by atoms with Crippen molar-refractivity contribution in [2.45, 2.75) is 25.9 Å². The van der Waals surface area contributed by atoms with Crippen molar-refractivity contribution in [1.82, 2.24) is 20.0 Å². The van der Waals surface area contributed by atoms with Gasteiger partial charge in [0.05, 0.1) is 6.54 Å². The molecular weight excluding hydrogens is 318 g/mol. The van der Waals surface area contributed by atoms with E-state index in [4.69, 9.17) is 5.73 Å². The highest BCUT2D eigenvalue weighted by atomic mass is 16.2. The number of urea groups is 1. The summed E-state index contributed by atoms with van der Waals surface area (Å²) in [5, 5.41) is 7.18. The van der Waals surface area contributed by atoms with E-state index in [1.54, 1.807) is 11.1 Å². The fraction of sp³-hybridized carbons (Fsp3) is 0.389. The van der Waals surface area contributed by atoms with E-state index in [2.05, 4.69) is 22.5 Å². The van der Waals surface area contributed by atoms with Crippen LogP contribution in [0, 0.1) is 5.92 Å². The molecule has 0 unspecified atom stereocenters. The van der Waals surface area contributed by atoms with Gasteiger partial charge in [0.15, 0.2) is 0 Å². The van der Waals surface area contributed by atoms with Crippen LogP contribution >= 0.6 is 0 Å². The minimum atomic E-state index is -0.408. The van der Waals surface area contributed by atoms with E-state index in [0.717, 1.165) is 17.7 Å². The van der Waals surface area contributed by atoms with Crippen molar-refractivity contribution in [1.29, 1.82) is 0 Å². The largest absolute Gasteiger partial charge is 0.352 e. The molecule has 7 nitrogen and oxygen atoms in total. The molecule has 0 aliphatic carbocycles. The SMILES string of the molecule is NC(=O)N1CCC(C(=O)NCc2ccc(Cn3cccn3)cc2)CC1. The third-order valence-corrected chi connectivity index (χ3v) is 4.57. The van der Waals surface area contributed by atoms with Gasteiger partial charge in [-0.1, -0.05) is 24.3 Å². The molecule has 1 aliphatic heterocycles. The van der Waals surface area contributed by atoms with Gasteiger partial charge in [0.25, 0.3) is 0 Å². The summed E-state index contributed by atoms with van der Waals surface area (Å²) < 4.78 is 1.87. The predicted molar refractivity (Wildman–Crippen MR) is 93.5 cm³/mol. The molecule has 132 valence electrons. The zero-order chi connectivity index (χ0) is 17.6. The zero-order valence-corrected chi connectivity index (χ0v) is 14.1.